The van der Waals surface area contributed by atoms with Crippen LogP contribution >= 0.6 is 0 Å². The van der Waals surface area contributed by atoms with E-state index in [-0.39, 0.29) is 0 Å². The van der Waals surface area contributed by atoms with Gasteiger partial charge in [-0.3, -0.25) is 0 Å². The van der Waals surface area contributed by atoms with E-state index in [4.69, 9.17) is 0 Å². The number of hydrogen-bond donors (Lipinski definition) is 1. The van der Waals surface area contributed by atoms with Crippen LogP contribution in [-0.2, 0) is 0 Å². The van der Waals surface area contributed by atoms with E-state index in [0.717, 1.165) is 0 Å². The van der Waals surface area contributed by atoms with Crippen LogP contribution in [0.3, 0.4) is 0 Å². The summed E-state index contributed by atoms with van der Waals surface area (Å²) in [6, 6.07) is 0. The zero-order chi connectivity index (χ0) is 11.0. The smallest absolute Gasteiger partial charge is 0.0178 e. The first kappa shape index (κ1) is 13.0. The second kappa shape index (κ2) is 7.27. The van der Waals surface area contributed by atoms with Crippen molar-refractivity contribution < 1.29 is 0 Å². The number of unbranched alkanes of at least 4 members (excludes halogenated alkanes) is 5. The molecule has 90 valence electrons. The molecule has 1 aliphatic rings. The van der Waals surface area contributed by atoms with Crippen molar-refractivity contribution in [3.8, 4) is 0 Å². The van der Waals surface area contributed by atoms with Crippen molar-refractivity contribution in [1.29, 1.82) is 0 Å². The lowest BCUT2D eigenvalue weighted by atomic mass is 9.90. The van der Waals surface area contributed by atoms with Gasteiger partial charge in [0.05, 0.1) is 0 Å². The second-order valence-corrected chi connectivity index (χ2v) is 5.26. The zero-order valence-electron chi connectivity index (χ0n) is 10.8. The van der Waals surface area contributed by atoms with E-state index >= 15 is 0 Å². The summed E-state index contributed by atoms with van der Waals surface area (Å²) in [6.07, 6.45) is 15.7. The molecule has 1 aliphatic carbocycles. The van der Waals surface area contributed by atoms with Crippen LogP contribution in [0.25, 0.3) is 0 Å². The molecule has 0 saturated heterocycles. The third kappa shape index (κ3) is 4.55. The van der Waals surface area contributed by atoms with Gasteiger partial charge in [-0.15, -0.1) is 0 Å². The normalized spacial score (nSPS) is 19.6. The predicted octanol–water partition coefficient (Wildman–Crippen LogP) is 4.27. The maximum absolute atomic E-state index is 3.58. The first-order valence-electron chi connectivity index (χ1n) is 7.02. The van der Waals surface area contributed by atoms with Crippen molar-refractivity contribution in [2.24, 2.45) is 0 Å². The van der Waals surface area contributed by atoms with Crippen molar-refractivity contribution in [1.82, 2.24) is 5.32 Å². The SMILES string of the molecule is CCCCCCCCC1(NC)CCCC1. The molecule has 1 nitrogen and oxygen atoms in total. The van der Waals surface area contributed by atoms with Gasteiger partial charge in [-0.1, -0.05) is 58.3 Å². The lowest BCUT2D eigenvalue weighted by Gasteiger charge is -2.28. The number of nitrogens with one attached hydrogen (secondary N) is 1. The van der Waals surface area contributed by atoms with Crippen molar-refractivity contribution >= 4 is 0 Å². The molecule has 15 heavy (non-hydrogen) atoms. The van der Waals surface area contributed by atoms with E-state index in [0.29, 0.717) is 5.54 Å². The lowest BCUT2D eigenvalue weighted by molar-refractivity contribution is 0.319. The molecule has 1 heteroatoms. The van der Waals surface area contributed by atoms with Gasteiger partial charge in [0.1, 0.15) is 0 Å². The summed E-state index contributed by atoms with van der Waals surface area (Å²) in [5.41, 5.74) is 0.532. The first-order valence-corrected chi connectivity index (χ1v) is 7.02. The summed E-state index contributed by atoms with van der Waals surface area (Å²) in [5.74, 6) is 0. The van der Waals surface area contributed by atoms with E-state index in [9.17, 15) is 0 Å². The highest BCUT2D eigenvalue weighted by Gasteiger charge is 2.30. The summed E-state index contributed by atoms with van der Waals surface area (Å²) >= 11 is 0. The Bertz CT molecular complexity index is 147. The fraction of sp³-hybridized carbons (Fsp3) is 1.00. The van der Waals surface area contributed by atoms with Crippen LogP contribution in [0.4, 0.5) is 0 Å². The van der Waals surface area contributed by atoms with Gasteiger partial charge in [-0.05, 0) is 26.3 Å². The van der Waals surface area contributed by atoms with E-state index in [2.05, 4.69) is 19.3 Å². The van der Waals surface area contributed by atoms with Gasteiger partial charge in [0.15, 0.2) is 0 Å². The van der Waals surface area contributed by atoms with Crippen molar-refractivity contribution in [3.05, 3.63) is 0 Å². The highest BCUT2D eigenvalue weighted by atomic mass is 14.9. The molecule has 0 spiro atoms. The fourth-order valence-corrected chi connectivity index (χ4v) is 2.92. The molecule has 0 radical (unpaired) electrons. The zero-order valence-corrected chi connectivity index (χ0v) is 10.8. The molecule has 0 amide bonds. The largest absolute Gasteiger partial charge is 0.314 e. The monoisotopic (exact) mass is 211 g/mol. The molecular formula is C14H29N. The predicted molar refractivity (Wildman–Crippen MR) is 68.3 cm³/mol. The van der Waals surface area contributed by atoms with Crippen LogP contribution in [0.2, 0.25) is 0 Å². The van der Waals surface area contributed by atoms with Crippen LogP contribution in [0.5, 0.6) is 0 Å². The Kier molecular flexibility index (Phi) is 6.31. The average Bonchev–Trinajstić information content (AvgIpc) is 2.73. The van der Waals surface area contributed by atoms with Crippen molar-refractivity contribution in [2.45, 2.75) is 83.1 Å². The van der Waals surface area contributed by atoms with Gasteiger partial charge in [0, 0.05) is 5.54 Å². The lowest BCUT2D eigenvalue weighted by Crippen LogP contribution is -2.39. The minimum atomic E-state index is 0.532. The van der Waals surface area contributed by atoms with Crippen LogP contribution in [0.15, 0.2) is 0 Å². The number of hydrogen-bond acceptors (Lipinski definition) is 1. The van der Waals surface area contributed by atoms with Gasteiger partial charge >= 0.3 is 0 Å². The average molecular weight is 211 g/mol. The van der Waals surface area contributed by atoms with E-state index in [1.807, 2.05) is 0 Å². The van der Waals surface area contributed by atoms with Crippen LogP contribution in [0.1, 0.15) is 77.6 Å². The highest BCUT2D eigenvalue weighted by Crippen LogP contribution is 2.33. The number of rotatable bonds is 8. The maximum Gasteiger partial charge on any atom is 0.0178 e. The van der Waals surface area contributed by atoms with Gasteiger partial charge in [0.2, 0.25) is 0 Å². The molecule has 1 rings (SSSR count). The second-order valence-electron chi connectivity index (χ2n) is 5.26. The molecule has 0 aliphatic heterocycles. The third-order valence-corrected chi connectivity index (χ3v) is 4.10. The summed E-state index contributed by atoms with van der Waals surface area (Å²) in [7, 11) is 2.16. The van der Waals surface area contributed by atoms with Crippen LogP contribution in [0, 0.1) is 0 Å². The fourth-order valence-electron chi connectivity index (χ4n) is 2.92. The molecule has 1 N–H and O–H groups in total. The highest BCUT2D eigenvalue weighted by molar-refractivity contribution is 4.91. The van der Waals surface area contributed by atoms with E-state index < -0.39 is 0 Å². The molecule has 1 saturated carbocycles. The van der Waals surface area contributed by atoms with Gasteiger partial charge in [-0.2, -0.15) is 0 Å². The molecule has 0 atom stereocenters. The molecule has 0 aromatic carbocycles. The van der Waals surface area contributed by atoms with Crippen LogP contribution in [-0.4, -0.2) is 12.6 Å². The van der Waals surface area contributed by atoms with Crippen LogP contribution < -0.4 is 5.32 Å². The Labute approximate surface area is 96.0 Å². The molecule has 1 fully saturated rings. The molecule has 0 unspecified atom stereocenters. The third-order valence-electron chi connectivity index (χ3n) is 4.10. The topological polar surface area (TPSA) is 12.0 Å². The standard InChI is InChI=1S/C14H29N/c1-3-4-5-6-7-8-11-14(15-2)12-9-10-13-14/h15H,3-13H2,1-2H3. The summed E-state index contributed by atoms with van der Waals surface area (Å²) in [6.45, 7) is 2.29. The Morgan fingerprint density at radius 3 is 2.13 bits per heavy atom. The Hall–Kier alpha value is -0.0400. The maximum atomic E-state index is 3.58. The van der Waals surface area contributed by atoms with E-state index in [1.165, 1.54) is 70.6 Å². The van der Waals surface area contributed by atoms with Crippen molar-refractivity contribution in [3.63, 3.8) is 0 Å². The Morgan fingerprint density at radius 1 is 0.933 bits per heavy atom. The van der Waals surface area contributed by atoms with Gasteiger partial charge in [0.25, 0.3) is 0 Å². The quantitative estimate of drug-likeness (QED) is 0.591. The first-order chi connectivity index (χ1) is 7.33. The Balaban J connectivity index is 2.02. The molecule has 0 bridgehead atoms. The molecular weight excluding hydrogens is 182 g/mol. The minimum Gasteiger partial charge on any atom is -0.314 e. The summed E-state index contributed by atoms with van der Waals surface area (Å²) in [4.78, 5) is 0. The molecule has 0 heterocycles. The van der Waals surface area contributed by atoms with Crippen molar-refractivity contribution in [2.75, 3.05) is 7.05 Å². The Morgan fingerprint density at radius 2 is 1.53 bits per heavy atom. The van der Waals surface area contributed by atoms with Gasteiger partial charge < -0.3 is 5.32 Å². The van der Waals surface area contributed by atoms with Gasteiger partial charge in [-0.25, -0.2) is 0 Å². The minimum absolute atomic E-state index is 0.532. The summed E-state index contributed by atoms with van der Waals surface area (Å²) in [5, 5.41) is 3.58. The molecule has 0 aromatic rings. The summed E-state index contributed by atoms with van der Waals surface area (Å²) < 4.78 is 0. The van der Waals surface area contributed by atoms with E-state index in [1.54, 1.807) is 0 Å². The molecule has 0 aromatic heterocycles.